The van der Waals surface area contributed by atoms with Crippen LogP contribution in [-0.2, 0) is 0 Å². The molecule has 0 bridgehead atoms. The summed E-state index contributed by atoms with van der Waals surface area (Å²) in [6.07, 6.45) is 0. The van der Waals surface area contributed by atoms with Gasteiger partial charge in [0.25, 0.3) is 0 Å². The van der Waals surface area contributed by atoms with Crippen LogP contribution < -0.4 is 0 Å². The average Bonchev–Trinajstić information content (AvgIpc) is 2.43. The van der Waals surface area contributed by atoms with Crippen LogP contribution in [-0.4, -0.2) is 28.2 Å². The first kappa shape index (κ1) is 49.6. The molecule has 5 aromatic heterocycles. The lowest BCUT2D eigenvalue weighted by Crippen LogP contribution is -1.98. The minimum absolute atomic E-state index is 0.671. The maximum Gasteiger partial charge on any atom is 0.160 e. The SMILES string of the molecule is c1ccc(-c2nc(-c3ccc(-n4c5ccccc5c5ccc(-c6ccc7c(c6)c6ccccc6n7-c6ccccc6)cc54)cc3)cc(-c3cccc(-n4c5ccccc5c5ccc(-c6ccc7c8ccccc8n(-c8ccccc8)c7c6)cc54)c3)n2)cc1. The van der Waals surface area contributed by atoms with Gasteiger partial charge in [-0.1, -0.05) is 206 Å². The van der Waals surface area contributed by atoms with Gasteiger partial charge in [0.1, 0.15) is 0 Å². The van der Waals surface area contributed by atoms with Crippen molar-refractivity contribution in [2.24, 2.45) is 0 Å². The van der Waals surface area contributed by atoms with Crippen molar-refractivity contribution in [2.75, 3.05) is 0 Å². The van der Waals surface area contributed by atoms with Crippen molar-refractivity contribution in [1.82, 2.24) is 28.2 Å². The average molecular weight is 1120 g/mol. The van der Waals surface area contributed by atoms with Gasteiger partial charge in [-0.15, -0.1) is 0 Å². The molecule has 6 heteroatoms. The number of benzene rings is 13. The molecule has 0 aliphatic carbocycles. The summed E-state index contributed by atoms with van der Waals surface area (Å²) in [7, 11) is 0. The van der Waals surface area contributed by atoms with E-state index in [2.05, 4.69) is 328 Å². The molecule has 0 unspecified atom stereocenters. The third-order valence-electron chi connectivity index (χ3n) is 18.0. The van der Waals surface area contributed by atoms with Crippen LogP contribution in [0, 0.1) is 0 Å². The lowest BCUT2D eigenvalue weighted by atomic mass is 10.0. The highest BCUT2D eigenvalue weighted by atomic mass is 15.0. The highest BCUT2D eigenvalue weighted by Crippen LogP contribution is 2.42. The monoisotopic (exact) mass is 1120 g/mol. The molecule has 5 heterocycles. The van der Waals surface area contributed by atoms with E-state index in [1.165, 1.54) is 76.3 Å². The summed E-state index contributed by atoms with van der Waals surface area (Å²) in [5.41, 5.74) is 23.1. The second-order valence-electron chi connectivity index (χ2n) is 22.9. The lowest BCUT2D eigenvalue weighted by molar-refractivity contribution is 1.16. The molecule has 0 radical (unpaired) electrons. The Labute approximate surface area is 507 Å². The number of nitrogens with zero attached hydrogens (tertiary/aromatic N) is 6. The van der Waals surface area contributed by atoms with Gasteiger partial charge in [-0.25, -0.2) is 9.97 Å². The normalized spacial score (nSPS) is 11.9. The van der Waals surface area contributed by atoms with Gasteiger partial charge in [-0.2, -0.15) is 0 Å². The van der Waals surface area contributed by atoms with Crippen molar-refractivity contribution in [2.45, 2.75) is 0 Å². The molecule has 13 aromatic carbocycles. The highest BCUT2D eigenvalue weighted by molar-refractivity contribution is 6.14. The first-order valence-corrected chi connectivity index (χ1v) is 30.0. The summed E-state index contributed by atoms with van der Waals surface area (Å²) < 4.78 is 9.59. The minimum Gasteiger partial charge on any atom is -0.309 e. The van der Waals surface area contributed by atoms with E-state index in [1.807, 2.05) is 6.07 Å². The smallest absolute Gasteiger partial charge is 0.160 e. The summed E-state index contributed by atoms with van der Waals surface area (Å²) in [5.74, 6) is 0.671. The molecule has 18 aromatic rings. The molecule has 0 aliphatic heterocycles. The molecule has 88 heavy (non-hydrogen) atoms. The number of rotatable bonds is 9. The zero-order valence-corrected chi connectivity index (χ0v) is 47.7. The molecule has 0 atom stereocenters. The summed E-state index contributed by atoms with van der Waals surface area (Å²) in [4.78, 5) is 10.7. The molecule has 0 aliphatic rings. The molecular formula is C82H52N6. The predicted molar refractivity (Wildman–Crippen MR) is 367 cm³/mol. The molecule has 18 rings (SSSR count). The number of hydrogen-bond donors (Lipinski definition) is 0. The Kier molecular flexibility index (Phi) is 11.2. The van der Waals surface area contributed by atoms with Crippen LogP contribution in [0.4, 0.5) is 0 Å². The molecule has 0 N–H and O–H groups in total. The van der Waals surface area contributed by atoms with E-state index >= 15 is 0 Å². The Morgan fingerprint density at radius 2 is 0.500 bits per heavy atom. The Morgan fingerprint density at radius 1 is 0.170 bits per heavy atom. The van der Waals surface area contributed by atoms with Crippen molar-refractivity contribution in [3.63, 3.8) is 0 Å². The molecule has 0 fully saturated rings. The van der Waals surface area contributed by atoms with Crippen LogP contribution in [0.3, 0.4) is 0 Å². The number of aromatic nitrogens is 6. The van der Waals surface area contributed by atoms with E-state index in [4.69, 9.17) is 9.97 Å². The van der Waals surface area contributed by atoms with Crippen molar-refractivity contribution in [3.05, 3.63) is 315 Å². The van der Waals surface area contributed by atoms with Gasteiger partial charge < -0.3 is 18.3 Å². The second-order valence-corrected chi connectivity index (χ2v) is 22.9. The van der Waals surface area contributed by atoms with Gasteiger partial charge in [-0.05, 0) is 131 Å². The van der Waals surface area contributed by atoms with Gasteiger partial charge in [0, 0.05) is 82.5 Å². The third-order valence-corrected chi connectivity index (χ3v) is 18.0. The summed E-state index contributed by atoms with van der Waals surface area (Å²) in [6, 6.07) is 114. The van der Waals surface area contributed by atoms with Crippen LogP contribution in [0.5, 0.6) is 0 Å². The molecular weight excluding hydrogens is 1070 g/mol. The van der Waals surface area contributed by atoms with Crippen molar-refractivity contribution in [3.8, 4) is 78.9 Å². The van der Waals surface area contributed by atoms with Crippen molar-refractivity contribution >= 4 is 87.2 Å². The van der Waals surface area contributed by atoms with E-state index in [0.717, 1.165) is 84.0 Å². The molecule has 0 spiro atoms. The Morgan fingerprint density at radius 3 is 1.00 bits per heavy atom. The number of fused-ring (bicyclic) bond motifs is 12. The fourth-order valence-electron chi connectivity index (χ4n) is 13.9. The number of para-hydroxylation sites is 6. The van der Waals surface area contributed by atoms with Gasteiger partial charge in [-0.3, -0.25) is 0 Å². The predicted octanol–water partition coefficient (Wildman–Crippen LogP) is 21.2. The maximum absolute atomic E-state index is 5.35. The Hall–Kier alpha value is -11.9. The van der Waals surface area contributed by atoms with E-state index in [9.17, 15) is 0 Å². The maximum atomic E-state index is 5.35. The largest absolute Gasteiger partial charge is 0.309 e. The van der Waals surface area contributed by atoms with Gasteiger partial charge in [0.15, 0.2) is 5.82 Å². The van der Waals surface area contributed by atoms with Gasteiger partial charge >= 0.3 is 0 Å². The highest BCUT2D eigenvalue weighted by Gasteiger charge is 2.21. The summed E-state index contributed by atoms with van der Waals surface area (Å²) in [6.45, 7) is 0. The van der Waals surface area contributed by atoms with E-state index < -0.39 is 0 Å². The minimum atomic E-state index is 0.671. The third kappa shape index (κ3) is 7.89. The van der Waals surface area contributed by atoms with Crippen LogP contribution in [0.2, 0.25) is 0 Å². The van der Waals surface area contributed by atoms with E-state index in [1.54, 1.807) is 0 Å². The zero-order chi connectivity index (χ0) is 57.8. The fraction of sp³-hybridized carbons (Fsp3) is 0. The lowest BCUT2D eigenvalue weighted by Gasteiger charge is -2.13. The summed E-state index contributed by atoms with van der Waals surface area (Å²) in [5, 5.41) is 9.78. The first-order chi connectivity index (χ1) is 43.6. The van der Waals surface area contributed by atoms with Crippen LogP contribution in [0.15, 0.2) is 315 Å². The summed E-state index contributed by atoms with van der Waals surface area (Å²) >= 11 is 0. The van der Waals surface area contributed by atoms with E-state index in [0.29, 0.717) is 5.82 Å². The van der Waals surface area contributed by atoms with Gasteiger partial charge in [0.05, 0.1) is 55.5 Å². The first-order valence-electron chi connectivity index (χ1n) is 30.0. The standard InChI is InChI=1S/C82H52N6/c1-4-19-54(20-5-1)82-83-72(53-35-41-62(42-36-53)87-75-32-15-11-28-65(75)69-43-37-56(49-80(69)87)55-40-46-78-71(48-55)67-30-13-17-34-77(67)85(78)60-22-6-2-7-23-60)52-73(84-82)59-21-18-26-63(47-59)88-76-33-16-12-29-66(76)70-45-39-58(51-81(70)88)57-38-44-68-64-27-10-14-31-74(64)86(79(68)50-57)61-24-8-3-9-25-61/h1-52H. The van der Waals surface area contributed by atoms with Crippen LogP contribution in [0.1, 0.15) is 0 Å². The topological polar surface area (TPSA) is 45.5 Å². The Balaban J connectivity index is 0.732. The molecule has 410 valence electrons. The Bertz CT molecular complexity index is 5790. The van der Waals surface area contributed by atoms with E-state index in [-0.39, 0.29) is 0 Å². The zero-order valence-electron chi connectivity index (χ0n) is 47.7. The number of hydrogen-bond acceptors (Lipinski definition) is 2. The van der Waals surface area contributed by atoms with Crippen LogP contribution in [0.25, 0.3) is 166 Å². The van der Waals surface area contributed by atoms with Crippen LogP contribution >= 0.6 is 0 Å². The quantitative estimate of drug-likeness (QED) is 0.145. The van der Waals surface area contributed by atoms with Gasteiger partial charge in [0.2, 0.25) is 0 Å². The van der Waals surface area contributed by atoms with Crippen molar-refractivity contribution in [1.29, 1.82) is 0 Å². The molecule has 6 nitrogen and oxygen atoms in total. The second kappa shape index (κ2) is 19.9. The molecule has 0 amide bonds. The van der Waals surface area contributed by atoms with Crippen molar-refractivity contribution < 1.29 is 0 Å². The fourth-order valence-corrected chi connectivity index (χ4v) is 13.9. The molecule has 0 saturated carbocycles. The molecule has 0 saturated heterocycles.